The molecule has 5 aromatic heterocycles. The van der Waals surface area contributed by atoms with E-state index in [4.69, 9.17) is 4.98 Å². The van der Waals surface area contributed by atoms with Gasteiger partial charge in [-0.15, -0.1) is 11.3 Å². The highest BCUT2D eigenvalue weighted by Gasteiger charge is 2.13. The molecule has 6 heteroatoms. The Morgan fingerprint density at radius 2 is 2.09 bits per heavy atom. The number of H-pyrrole nitrogens is 1. The Morgan fingerprint density at radius 1 is 1.09 bits per heavy atom. The van der Waals surface area contributed by atoms with Crippen molar-refractivity contribution in [3.05, 3.63) is 60.5 Å². The maximum atomic E-state index is 4.81. The van der Waals surface area contributed by atoms with E-state index < -0.39 is 0 Å². The highest BCUT2D eigenvalue weighted by molar-refractivity contribution is 7.13. The SMILES string of the molecule is c1cnc2[nH]cc(-c3csc(-c4cnc5ccccn45)n3)c2c1. The highest BCUT2D eigenvalue weighted by atomic mass is 32.1. The van der Waals surface area contributed by atoms with Crippen molar-refractivity contribution in [2.45, 2.75) is 0 Å². The Hall–Kier alpha value is -2.99. The number of aromatic nitrogens is 5. The van der Waals surface area contributed by atoms with Crippen molar-refractivity contribution in [3.8, 4) is 22.0 Å². The monoisotopic (exact) mass is 317 g/mol. The normalized spacial score (nSPS) is 11.5. The Labute approximate surface area is 135 Å². The summed E-state index contributed by atoms with van der Waals surface area (Å²) < 4.78 is 2.05. The summed E-state index contributed by atoms with van der Waals surface area (Å²) in [5, 5.41) is 4.12. The van der Waals surface area contributed by atoms with Gasteiger partial charge in [0, 0.05) is 34.9 Å². The van der Waals surface area contributed by atoms with E-state index in [-0.39, 0.29) is 0 Å². The third-order valence-electron chi connectivity index (χ3n) is 3.87. The van der Waals surface area contributed by atoms with Gasteiger partial charge in [0.15, 0.2) is 0 Å². The molecule has 23 heavy (non-hydrogen) atoms. The summed E-state index contributed by atoms with van der Waals surface area (Å²) >= 11 is 1.62. The van der Waals surface area contributed by atoms with Crippen LogP contribution in [0.3, 0.4) is 0 Å². The number of pyridine rings is 2. The van der Waals surface area contributed by atoms with Crippen molar-refractivity contribution in [3.63, 3.8) is 0 Å². The number of imidazole rings is 1. The van der Waals surface area contributed by atoms with Gasteiger partial charge in [0.1, 0.15) is 22.0 Å². The van der Waals surface area contributed by atoms with Gasteiger partial charge in [0.05, 0.1) is 11.9 Å². The molecule has 0 fully saturated rings. The average molecular weight is 317 g/mol. The maximum absolute atomic E-state index is 4.81. The van der Waals surface area contributed by atoms with Crippen LogP contribution in [0.5, 0.6) is 0 Å². The molecule has 0 saturated heterocycles. The molecule has 0 unspecified atom stereocenters. The first-order valence-electron chi connectivity index (χ1n) is 7.20. The summed E-state index contributed by atoms with van der Waals surface area (Å²) in [6.45, 7) is 0. The molecule has 110 valence electrons. The minimum Gasteiger partial charge on any atom is -0.345 e. The standard InChI is InChI=1S/C17H11N5S/c1-2-7-22-14(9-19-15(22)5-1)17-21-13(10-23-17)12-8-20-16-11(12)4-3-6-18-16/h1-10H,(H,18,20). The topological polar surface area (TPSA) is 58.9 Å². The molecule has 0 atom stereocenters. The van der Waals surface area contributed by atoms with Crippen molar-refractivity contribution in [1.29, 1.82) is 0 Å². The molecule has 0 radical (unpaired) electrons. The van der Waals surface area contributed by atoms with Crippen LogP contribution in [0.15, 0.2) is 60.5 Å². The largest absolute Gasteiger partial charge is 0.345 e. The number of thiazole rings is 1. The van der Waals surface area contributed by atoms with Crippen LogP contribution in [-0.2, 0) is 0 Å². The van der Waals surface area contributed by atoms with Crippen molar-refractivity contribution < 1.29 is 0 Å². The van der Waals surface area contributed by atoms with Gasteiger partial charge in [-0.05, 0) is 24.3 Å². The number of hydrogen-bond acceptors (Lipinski definition) is 4. The molecule has 5 nitrogen and oxygen atoms in total. The molecule has 0 bridgehead atoms. The van der Waals surface area contributed by atoms with Gasteiger partial charge in [0.2, 0.25) is 0 Å². The lowest BCUT2D eigenvalue weighted by molar-refractivity contribution is 1.18. The number of rotatable bonds is 2. The van der Waals surface area contributed by atoms with Crippen molar-refractivity contribution in [1.82, 2.24) is 24.3 Å². The Balaban J connectivity index is 1.66. The Bertz CT molecular complexity index is 1050. The van der Waals surface area contributed by atoms with E-state index in [1.54, 1.807) is 17.5 Å². The molecule has 1 N–H and O–H groups in total. The van der Waals surface area contributed by atoms with Crippen LogP contribution in [0, 0.1) is 0 Å². The Morgan fingerprint density at radius 3 is 3.09 bits per heavy atom. The van der Waals surface area contributed by atoms with Crippen molar-refractivity contribution >= 4 is 28.0 Å². The molecule has 5 heterocycles. The van der Waals surface area contributed by atoms with Gasteiger partial charge in [-0.25, -0.2) is 15.0 Å². The molecule has 0 aliphatic heterocycles. The smallest absolute Gasteiger partial charge is 0.142 e. The summed E-state index contributed by atoms with van der Waals surface area (Å²) in [6.07, 6.45) is 7.63. The first kappa shape index (κ1) is 12.5. The molecule has 0 aromatic carbocycles. The number of aromatic amines is 1. The highest BCUT2D eigenvalue weighted by Crippen LogP contribution is 2.32. The fraction of sp³-hybridized carbons (Fsp3) is 0. The molecule has 0 saturated carbocycles. The number of hydrogen-bond donors (Lipinski definition) is 1. The van der Waals surface area contributed by atoms with Crippen LogP contribution in [0.2, 0.25) is 0 Å². The fourth-order valence-electron chi connectivity index (χ4n) is 2.77. The third-order valence-corrected chi connectivity index (χ3v) is 4.73. The third kappa shape index (κ3) is 1.89. The van der Waals surface area contributed by atoms with Gasteiger partial charge in [-0.1, -0.05) is 6.07 Å². The molecule has 5 aromatic rings. The lowest BCUT2D eigenvalue weighted by atomic mass is 10.2. The molecule has 5 rings (SSSR count). The lowest BCUT2D eigenvalue weighted by Gasteiger charge is -1.97. The van der Waals surface area contributed by atoms with E-state index in [2.05, 4.69) is 30.8 Å². The van der Waals surface area contributed by atoms with Crippen LogP contribution in [0.1, 0.15) is 0 Å². The molecule has 0 spiro atoms. The zero-order chi connectivity index (χ0) is 15.2. The van der Waals surface area contributed by atoms with E-state index >= 15 is 0 Å². The van der Waals surface area contributed by atoms with Gasteiger partial charge in [-0.2, -0.15) is 0 Å². The van der Waals surface area contributed by atoms with Crippen molar-refractivity contribution in [2.24, 2.45) is 0 Å². The second kappa shape index (κ2) is 4.76. The summed E-state index contributed by atoms with van der Waals surface area (Å²) in [4.78, 5) is 16.8. The summed E-state index contributed by atoms with van der Waals surface area (Å²) in [5.41, 5.74) is 4.84. The second-order valence-electron chi connectivity index (χ2n) is 5.21. The van der Waals surface area contributed by atoms with E-state index in [9.17, 15) is 0 Å². The van der Waals surface area contributed by atoms with Gasteiger partial charge < -0.3 is 4.98 Å². The van der Waals surface area contributed by atoms with Gasteiger partial charge in [-0.3, -0.25) is 4.40 Å². The minimum atomic E-state index is 0.881. The maximum Gasteiger partial charge on any atom is 0.142 e. The molecule has 0 amide bonds. The molecule has 0 aliphatic carbocycles. The van der Waals surface area contributed by atoms with Crippen LogP contribution in [0.25, 0.3) is 38.6 Å². The van der Waals surface area contributed by atoms with Crippen LogP contribution < -0.4 is 0 Å². The zero-order valence-electron chi connectivity index (χ0n) is 12.0. The van der Waals surface area contributed by atoms with Crippen LogP contribution in [0.4, 0.5) is 0 Å². The summed E-state index contributed by atoms with van der Waals surface area (Å²) in [6, 6.07) is 9.97. The average Bonchev–Trinajstić information content (AvgIpc) is 3.31. The summed E-state index contributed by atoms with van der Waals surface area (Å²) in [7, 11) is 0. The van der Waals surface area contributed by atoms with Gasteiger partial charge in [0.25, 0.3) is 0 Å². The number of fused-ring (bicyclic) bond motifs is 2. The summed E-state index contributed by atoms with van der Waals surface area (Å²) in [5.74, 6) is 0. The van der Waals surface area contributed by atoms with E-state index in [1.165, 1.54) is 0 Å². The van der Waals surface area contributed by atoms with Crippen LogP contribution >= 0.6 is 11.3 Å². The first-order valence-corrected chi connectivity index (χ1v) is 8.08. The lowest BCUT2D eigenvalue weighted by Crippen LogP contribution is -1.86. The van der Waals surface area contributed by atoms with Crippen LogP contribution in [-0.4, -0.2) is 24.3 Å². The van der Waals surface area contributed by atoms with Gasteiger partial charge >= 0.3 is 0 Å². The van der Waals surface area contributed by atoms with Crippen molar-refractivity contribution in [2.75, 3.05) is 0 Å². The zero-order valence-corrected chi connectivity index (χ0v) is 12.8. The number of nitrogens with one attached hydrogen (secondary N) is 1. The predicted molar refractivity (Wildman–Crippen MR) is 91.4 cm³/mol. The molecule has 0 aliphatic rings. The molecular formula is C17H11N5S. The van der Waals surface area contributed by atoms with E-state index in [0.29, 0.717) is 0 Å². The van der Waals surface area contributed by atoms with E-state index in [1.807, 2.05) is 42.9 Å². The quantitative estimate of drug-likeness (QED) is 0.535. The fourth-order valence-corrected chi connectivity index (χ4v) is 3.60. The first-order chi connectivity index (χ1) is 11.4. The van der Waals surface area contributed by atoms with E-state index in [0.717, 1.165) is 38.6 Å². The Kier molecular flexibility index (Phi) is 2.59. The second-order valence-corrected chi connectivity index (χ2v) is 6.07. The predicted octanol–water partition coefficient (Wildman–Crippen LogP) is 4.00. The number of nitrogens with zero attached hydrogens (tertiary/aromatic N) is 4. The molecular weight excluding hydrogens is 306 g/mol. The minimum absolute atomic E-state index is 0.881.